The minimum absolute atomic E-state index is 0.0371. The fourth-order valence-electron chi connectivity index (χ4n) is 7.10. The maximum atomic E-state index is 13.8. The normalized spacial score (nSPS) is 15.6. The molecule has 1 aliphatic carbocycles. The van der Waals surface area contributed by atoms with Gasteiger partial charge in [-0.15, -0.1) is 0 Å². The number of fused-ring (bicyclic) bond motifs is 2. The van der Waals surface area contributed by atoms with E-state index in [-0.39, 0.29) is 55.0 Å². The summed E-state index contributed by atoms with van der Waals surface area (Å²) in [6, 6.07) is 22.1. The molecule has 1 heterocycles. The summed E-state index contributed by atoms with van der Waals surface area (Å²) < 4.78 is 12.1. The highest BCUT2D eigenvalue weighted by atomic mass is 16.5. The van der Waals surface area contributed by atoms with E-state index in [1.54, 1.807) is 0 Å². The Morgan fingerprint density at radius 3 is 2.21 bits per heavy atom. The first-order valence-electron chi connectivity index (χ1n) is 17.3. The maximum absolute atomic E-state index is 13.8. The molecular formula is C40H49NO6. The van der Waals surface area contributed by atoms with Crippen LogP contribution in [-0.2, 0) is 31.0 Å². The van der Waals surface area contributed by atoms with Gasteiger partial charge in [0, 0.05) is 42.0 Å². The number of carbonyl (C=O) groups is 3. The minimum atomic E-state index is -0.902. The molecule has 2 aliphatic rings. The first kappa shape index (κ1) is 34.2. The number of hydrogen-bond donors (Lipinski definition) is 2. The van der Waals surface area contributed by atoms with Gasteiger partial charge in [-0.3, -0.25) is 14.4 Å². The van der Waals surface area contributed by atoms with Crippen molar-refractivity contribution in [2.24, 2.45) is 5.92 Å². The zero-order chi connectivity index (χ0) is 33.4. The number of carbonyl (C=O) groups excluding carboxylic acids is 2. The Morgan fingerprint density at radius 1 is 0.915 bits per heavy atom. The highest BCUT2D eigenvalue weighted by Gasteiger charge is 2.30. The van der Waals surface area contributed by atoms with Crippen LogP contribution in [0.1, 0.15) is 120 Å². The van der Waals surface area contributed by atoms with Gasteiger partial charge in [0.15, 0.2) is 0 Å². The number of aliphatic carboxylic acids is 1. The quantitative estimate of drug-likeness (QED) is 0.181. The van der Waals surface area contributed by atoms with Crippen LogP contribution < -0.4 is 10.1 Å². The number of anilines is 1. The molecule has 3 aromatic carbocycles. The van der Waals surface area contributed by atoms with Gasteiger partial charge in [-0.05, 0) is 66.3 Å². The van der Waals surface area contributed by atoms with Crippen LogP contribution in [0.25, 0.3) is 0 Å². The molecule has 0 spiro atoms. The molecular weight excluding hydrogens is 590 g/mol. The van der Waals surface area contributed by atoms with E-state index in [1.807, 2.05) is 48.5 Å². The lowest BCUT2D eigenvalue weighted by Gasteiger charge is -2.29. The number of nitrogens with one attached hydrogen (secondary N) is 1. The van der Waals surface area contributed by atoms with Crippen molar-refractivity contribution in [3.63, 3.8) is 0 Å². The van der Waals surface area contributed by atoms with Crippen LogP contribution in [0.2, 0.25) is 0 Å². The number of esters is 1. The second-order valence-corrected chi connectivity index (χ2v) is 14.3. The molecule has 7 heteroatoms. The summed E-state index contributed by atoms with van der Waals surface area (Å²) in [6.45, 7) is 6.44. The number of benzene rings is 3. The van der Waals surface area contributed by atoms with Crippen molar-refractivity contribution >= 4 is 23.5 Å². The molecule has 0 aromatic heterocycles. The Labute approximate surface area is 279 Å². The second kappa shape index (κ2) is 15.6. The Hall–Kier alpha value is -4.13. The maximum Gasteiger partial charge on any atom is 0.306 e. The Balaban J connectivity index is 1.30. The van der Waals surface area contributed by atoms with Gasteiger partial charge < -0.3 is 19.9 Å². The van der Waals surface area contributed by atoms with Gasteiger partial charge in [-0.1, -0.05) is 101 Å². The zero-order valence-corrected chi connectivity index (χ0v) is 28.1. The average molecular weight is 640 g/mol. The summed E-state index contributed by atoms with van der Waals surface area (Å²) in [7, 11) is 0. The van der Waals surface area contributed by atoms with Crippen molar-refractivity contribution in [3.8, 4) is 11.5 Å². The molecule has 0 radical (unpaired) electrons. The lowest BCUT2D eigenvalue weighted by atomic mass is 9.83. The number of carboxylic acids is 1. The fourth-order valence-corrected chi connectivity index (χ4v) is 7.10. The third-order valence-electron chi connectivity index (χ3n) is 9.51. The Morgan fingerprint density at radius 2 is 1.57 bits per heavy atom. The van der Waals surface area contributed by atoms with Crippen LogP contribution >= 0.6 is 0 Å². The van der Waals surface area contributed by atoms with E-state index in [9.17, 15) is 14.4 Å². The molecule has 7 nitrogen and oxygen atoms in total. The van der Waals surface area contributed by atoms with Crippen molar-refractivity contribution in [1.29, 1.82) is 0 Å². The van der Waals surface area contributed by atoms with Crippen LogP contribution in [0.15, 0.2) is 66.7 Å². The largest absolute Gasteiger partial charge is 0.481 e. The number of carboxylic acid groups (broad SMARTS) is 1. The zero-order valence-electron chi connectivity index (χ0n) is 28.1. The topological polar surface area (TPSA) is 102 Å². The summed E-state index contributed by atoms with van der Waals surface area (Å²) in [4.78, 5) is 37.4. The number of aryl methyl sites for hydroxylation is 1. The van der Waals surface area contributed by atoms with Gasteiger partial charge in [0.1, 0.15) is 17.6 Å². The monoisotopic (exact) mass is 639 g/mol. The van der Waals surface area contributed by atoms with Crippen molar-refractivity contribution in [2.45, 2.75) is 115 Å². The molecule has 0 unspecified atom stereocenters. The predicted octanol–water partition coefficient (Wildman–Crippen LogP) is 9.32. The number of amides is 1. The van der Waals surface area contributed by atoms with Gasteiger partial charge in [0.05, 0.1) is 0 Å². The smallest absolute Gasteiger partial charge is 0.306 e. The third-order valence-corrected chi connectivity index (χ3v) is 9.51. The van der Waals surface area contributed by atoms with Crippen LogP contribution in [0.5, 0.6) is 11.5 Å². The Bertz CT molecular complexity index is 1500. The molecule has 3 aromatic rings. The van der Waals surface area contributed by atoms with Gasteiger partial charge in [-0.25, -0.2) is 0 Å². The molecule has 250 valence electrons. The SMILES string of the molecule is CC(C)(C)c1ccc(CC[C@@H](CC2CCCCC2)OC(=O)CCCC(=O)O)cc1NC(=O)CC1c2ccccc2Oc2ccccc21. The summed E-state index contributed by atoms with van der Waals surface area (Å²) >= 11 is 0. The average Bonchev–Trinajstić information content (AvgIpc) is 3.03. The van der Waals surface area contributed by atoms with E-state index in [0.29, 0.717) is 18.8 Å². The van der Waals surface area contributed by atoms with Gasteiger partial charge in [0.2, 0.25) is 5.91 Å². The van der Waals surface area contributed by atoms with Crippen LogP contribution in [0.4, 0.5) is 5.69 Å². The minimum Gasteiger partial charge on any atom is -0.481 e. The lowest BCUT2D eigenvalue weighted by molar-refractivity contribution is -0.150. The number of ether oxygens (including phenoxy) is 2. The highest BCUT2D eigenvalue weighted by Crippen LogP contribution is 2.45. The molecule has 1 saturated carbocycles. The van der Waals surface area contributed by atoms with E-state index in [4.69, 9.17) is 14.6 Å². The van der Waals surface area contributed by atoms with E-state index in [2.05, 4.69) is 44.3 Å². The molecule has 2 N–H and O–H groups in total. The van der Waals surface area contributed by atoms with Crippen molar-refractivity contribution in [2.75, 3.05) is 5.32 Å². The first-order chi connectivity index (χ1) is 22.6. The number of rotatable bonds is 13. The van der Waals surface area contributed by atoms with Gasteiger partial charge >= 0.3 is 11.9 Å². The summed E-state index contributed by atoms with van der Waals surface area (Å²) in [6.07, 6.45) is 8.66. The predicted molar refractivity (Wildman–Crippen MR) is 184 cm³/mol. The Kier molecular flexibility index (Phi) is 11.4. The summed E-state index contributed by atoms with van der Waals surface area (Å²) in [5.41, 5.74) is 4.77. The van der Waals surface area contributed by atoms with Crippen LogP contribution in [-0.4, -0.2) is 29.1 Å². The van der Waals surface area contributed by atoms with Crippen molar-refractivity contribution in [3.05, 3.63) is 89.0 Å². The van der Waals surface area contributed by atoms with Crippen molar-refractivity contribution in [1.82, 2.24) is 0 Å². The van der Waals surface area contributed by atoms with E-state index >= 15 is 0 Å². The van der Waals surface area contributed by atoms with Gasteiger partial charge in [0.25, 0.3) is 0 Å². The van der Waals surface area contributed by atoms with E-state index in [0.717, 1.165) is 58.7 Å². The molecule has 47 heavy (non-hydrogen) atoms. The van der Waals surface area contributed by atoms with E-state index < -0.39 is 5.97 Å². The third kappa shape index (κ3) is 9.46. The summed E-state index contributed by atoms with van der Waals surface area (Å²) in [5, 5.41) is 12.2. The van der Waals surface area contributed by atoms with Crippen LogP contribution in [0.3, 0.4) is 0 Å². The molecule has 1 aliphatic heterocycles. The molecule has 0 bridgehead atoms. The summed E-state index contributed by atoms with van der Waals surface area (Å²) in [5.74, 6) is 0.704. The fraction of sp³-hybridized carbons (Fsp3) is 0.475. The lowest BCUT2D eigenvalue weighted by Crippen LogP contribution is -2.24. The number of para-hydroxylation sites is 2. The molecule has 0 saturated heterocycles. The molecule has 5 rings (SSSR count). The van der Waals surface area contributed by atoms with Gasteiger partial charge in [-0.2, -0.15) is 0 Å². The standard InChI is InChI=1S/C40H49NO6/c1-40(2,3)33-23-21-28(20-22-29(24-27-12-5-4-6-13-27)46-39(45)19-11-18-38(43)44)25-34(33)41-37(42)26-32-30-14-7-9-16-35(30)47-36-17-10-8-15-31(32)36/h7-10,14-17,21,23,25,27,29,32H,4-6,11-13,18-20,22,24,26H2,1-3H3,(H,41,42)(H,43,44)/t29-/m0/s1. The second-order valence-electron chi connectivity index (χ2n) is 14.3. The van der Waals surface area contributed by atoms with E-state index in [1.165, 1.54) is 19.3 Å². The van der Waals surface area contributed by atoms with Crippen LogP contribution in [0, 0.1) is 5.92 Å². The number of hydrogen-bond acceptors (Lipinski definition) is 5. The molecule has 1 amide bonds. The highest BCUT2D eigenvalue weighted by molar-refractivity contribution is 5.93. The first-order valence-corrected chi connectivity index (χ1v) is 17.3. The van der Waals surface area contributed by atoms with Crippen molar-refractivity contribution < 1.29 is 29.0 Å². The molecule has 1 atom stereocenters. The molecule has 1 fully saturated rings.